The van der Waals surface area contributed by atoms with Gasteiger partial charge in [0, 0.05) is 5.56 Å². The van der Waals surface area contributed by atoms with Crippen LogP contribution in [0.4, 0.5) is 6.01 Å². The predicted octanol–water partition coefficient (Wildman–Crippen LogP) is 4.30. The molecule has 0 unspecified atom stereocenters. The molecular weight excluding hydrogens is 358 g/mol. The maximum atomic E-state index is 12.5. The SMILES string of the molecule is COc1ccc(OC)c(-c2nnc(NC(=O)c3ccc(C(C)(C)C)cc3)o2)c1. The van der Waals surface area contributed by atoms with E-state index >= 15 is 0 Å². The van der Waals surface area contributed by atoms with Gasteiger partial charge in [-0.25, -0.2) is 0 Å². The van der Waals surface area contributed by atoms with Crippen molar-refractivity contribution >= 4 is 11.9 Å². The van der Waals surface area contributed by atoms with E-state index in [-0.39, 0.29) is 23.2 Å². The molecular formula is C21H23N3O4. The zero-order chi connectivity index (χ0) is 20.3. The molecule has 3 rings (SSSR count). The summed E-state index contributed by atoms with van der Waals surface area (Å²) in [4.78, 5) is 12.5. The molecule has 2 aromatic carbocycles. The van der Waals surface area contributed by atoms with E-state index in [2.05, 4.69) is 36.3 Å². The third-order valence-electron chi connectivity index (χ3n) is 4.30. The summed E-state index contributed by atoms with van der Waals surface area (Å²) in [6.45, 7) is 6.36. The molecule has 0 bridgehead atoms. The Morgan fingerprint density at radius 1 is 1.00 bits per heavy atom. The third kappa shape index (κ3) is 4.14. The molecule has 7 nitrogen and oxygen atoms in total. The number of nitrogens with one attached hydrogen (secondary N) is 1. The Hall–Kier alpha value is -3.35. The lowest BCUT2D eigenvalue weighted by Crippen LogP contribution is -2.14. The van der Waals surface area contributed by atoms with Gasteiger partial charge < -0.3 is 13.9 Å². The molecule has 7 heteroatoms. The Morgan fingerprint density at radius 2 is 1.71 bits per heavy atom. The van der Waals surface area contributed by atoms with Crippen molar-refractivity contribution in [2.45, 2.75) is 26.2 Å². The van der Waals surface area contributed by atoms with Crippen LogP contribution < -0.4 is 14.8 Å². The van der Waals surface area contributed by atoms with Crippen LogP contribution in [0.1, 0.15) is 36.7 Å². The Balaban J connectivity index is 1.79. The number of amides is 1. The summed E-state index contributed by atoms with van der Waals surface area (Å²) in [5, 5.41) is 10.5. The van der Waals surface area contributed by atoms with Crippen LogP contribution in [0.3, 0.4) is 0 Å². The normalized spacial score (nSPS) is 11.2. The first-order valence-corrected chi connectivity index (χ1v) is 8.79. The van der Waals surface area contributed by atoms with E-state index in [1.54, 1.807) is 44.6 Å². The minimum Gasteiger partial charge on any atom is -0.497 e. The first-order chi connectivity index (χ1) is 13.3. The van der Waals surface area contributed by atoms with Gasteiger partial charge in [0.15, 0.2) is 0 Å². The van der Waals surface area contributed by atoms with Crippen LogP contribution in [0.5, 0.6) is 11.5 Å². The van der Waals surface area contributed by atoms with E-state index in [1.165, 1.54) is 0 Å². The van der Waals surface area contributed by atoms with Crippen molar-refractivity contribution < 1.29 is 18.7 Å². The molecule has 0 radical (unpaired) electrons. The number of ether oxygens (including phenoxy) is 2. The highest BCUT2D eigenvalue weighted by Crippen LogP contribution is 2.33. The topological polar surface area (TPSA) is 86.5 Å². The van der Waals surface area contributed by atoms with Crippen LogP contribution in [0, 0.1) is 0 Å². The van der Waals surface area contributed by atoms with E-state index in [1.807, 2.05) is 12.1 Å². The highest BCUT2D eigenvalue weighted by atomic mass is 16.5. The van der Waals surface area contributed by atoms with Gasteiger partial charge in [-0.3, -0.25) is 10.1 Å². The van der Waals surface area contributed by atoms with E-state index < -0.39 is 0 Å². The number of methoxy groups -OCH3 is 2. The molecule has 0 aliphatic heterocycles. The molecule has 3 aromatic rings. The second-order valence-electron chi connectivity index (χ2n) is 7.26. The molecule has 1 amide bonds. The van der Waals surface area contributed by atoms with Gasteiger partial charge in [0.1, 0.15) is 11.5 Å². The van der Waals surface area contributed by atoms with Gasteiger partial charge in [0.25, 0.3) is 11.8 Å². The lowest BCUT2D eigenvalue weighted by Gasteiger charge is -2.18. The van der Waals surface area contributed by atoms with Crippen LogP contribution in [0.15, 0.2) is 46.9 Å². The summed E-state index contributed by atoms with van der Waals surface area (Å²) in [5.41, 5.74) is 2.25. The van der Waals surface area contributed by atoms with Crippen molar-refractivity contribution in [1.82, 2.24) is 10.2 Å². The maximum absolute atomic E-state index is 12.5. The molecule has 0 aliphatic carbocycles. The van der Waals surface area contributed by atoms with Gasteiger partial charge in [-0.05, 0) is 41.3 Å². The highest BCUT2D eigenvalue weighted by molar-refractivity contribution is 6.03. The van der Waals surface area contributed by atoms with Crippen molar-refractivity contribution in [2.75, 3.05) is 19.5 Å². The fourth-order valence-corrected chi connectivity index (χ4v) is 2.65. The Morgan fingerprint density at radius 3 is 2.32 bits per heavy atom. The zero-order valence-corrected chi connectivity index (χ0v) is 16.6. The average Bonchev–Trinajstić information content (AvgIpc) is 3.15. The first kappa shape index (κ1) is 19.4. The van der Waals surface area contributed by atoms with Crippen LogP contribution in [-0.4, -0.2) is 30.3 Å². The molecule has 1 N–H and O–H groups in total. The number of anilines is 1. The smallest absolute Gasteiger partial charge is 0.322 e. The Bertz CT molecular complexity index is 972. The molecule has 0 spiro atoms. The van der Waals surface area contributed by atoms with Gasteiger partial charge in [-0.15, -0.1) is 5.10 Å². The van der Waals surface area contributed by atoms with Crippen LogP contribution in [-0.2, 0) is 5.41 Å². The predicted molar refractivity (Wildman–Crippen MR) is 106 cm³/mol. The number of nitrogens with zero attached hydrogens (tertiary/aromatic N) is 2. The fraction of sp³-hybridized carbons (Fsp3) is 0.286. The molecule has 0 saturated heterocycles. The van der Waals surface area contributed by atoms with E-state index in [4.69, 9.17) is 13.9 Å². The summed E-state index contributed by atoms with van der Waals surface area (Å²) >= 11 is 0. The molecule has 0 saturated carbocycles. The standard InChI is InChI=1S/C21H23N3O4/c1-21(2,3)14-8-6-13(7-9-14)18(25)22-20-24-23-19(28-20)16-12-15(26-4)10-11-17(16)27-5/h6-12H,1-5H3,(H,22,24,25). The largest absolute Gasteiger partial charge is 0.497 e. The molecule has 1 heterocycles. The summed E-state index contributed by atoms with van der Waals surface area (Å²) in [6, 6.07) is 12.7. The number of aromatic nitrogens is 2. The van der Waals surface area contributed by atoms with Gasteiger partial charge in [-0.1, -0.05) is 38.0 Å². The zero-order valence-electron chi connectivity index (χ0n) is 16.6. The summed E-state index contributed by atoms with van der Waals surface area (Å²) in [7, 11) is 3.11. The van der Waals surface area contributed by atoms with Crippen molar-refractivity contribution in [3.8, 4) is 23.0 Å². The molecule has 0 fully saturated rings. The van der Waals surface area contributed by atoms with Gasteiger partial charge in [-0.2, -0.15) is 0 Å². The summed E-state index contributed by atoms with van der Waals surface area (Å²) < 4.78 is 16.1. The molecule has 146 valence electrons. The Labute approximate surface area is 163 Å². The van der Waals surface area contributed by atoms with Gasteiger partial charge in [0.2, 0.25) is 0 Å². The number of rotatable bonds is 5. The van der Waals surface area contributed by atoms with Gasteiger partial charge >= 0.3 is 6.01 Å². The van der Waals surface area contributed by atoms with Crippen molar-refractivity contribution in [3.63, 3.8) is 0 Å². The lowest BCUT2D eigenvalue weighted by atomic mass is 9.87. The number of hydrogen-bond donors (Lipinski definition) is 1. The fourth-order valence-electron chi connectivity index (χ4n) is 2.65. The van der Waals surface area contributed by atoms with E-state index in [0.717, 1.165) is 5.56 Å². The minimum absolute atomic E-state index is 0.00442. The van der Waals surface area contributed by atoms with E-state index in [9.17, 15) is 4.79 Å². The Kier molecular flexibility index (Phi) is 5.35. The molecule has 28 heavy (non-hydrogen) atoms. The van der Waals surface area contributed by atoms with Gasteiger partial charge in [0.05, 0.1) is 19.8 Å². The molecule has 0 atom stereocenters. The summed E-state index contributed by atoms with van der Waals surface area (Å²) in [5.74, 6) is 1.07. The first-order valence-electron chi connectivity index (χ1n) is 8.79. The second kappa shape index (κ2) is 7.72. The number of carbonyl (C=O) groups excluding carboxylic acids is 1. The monoisotopic (exact) mass is 381 g/mol. The quantitative estimate of drug-likeness (QED) is 0.709. The number of benzene rings is 2. The highest BCUT2D eigenvalue weighted by Gasteiger charge is 2.18. The van der Waals surface area contributed by atoms with Crippen molar-refractivity contribution in [3.05, 3.63) is 53.6 Å². The second-order valence-corrected chi connectivity index (χ2v) is 7.26. The van der Waals surface area contributed by atoms with E-state index in [0.29, 0.717) is 22.6 Å². The third-order valence-corrected chi connectivity index (χ3v) is 4.30. The minimum atomic E-state index is -0.326. The van der Waals surface area contributed by atoms with Crippen LogP contribution in [0.2, 0.25) is 0 Å². The number of hydrogen-bond acceptors (Lipinski definition) is 6. The number of carbonyl (C=O) groups is 1. The van der Waals surface area contributed by atoms with Crippen LogP contribution in [0.25, 0.3) is 11.5 Å². The van der Waals surface area contributed by atoms with Crippen molar-refractivity contribution in [1.29, 1.82) is 0 Å². The maximum Gasteiger partial charge on any atom is 0.322 e. The lowest BCUT2D eigenvalue weighted by molar-refractivity contribution is 0.102. The summed E-state index contributed by atoms with van der Waals surface area (Å²) in [6.07, 6.45) is 0. The van der Waals surface area contributed by atoms with Crippen LogP contribution >= 0.6 is 0 Å². The average molecular weight is 381 g/mol. The molecule has 0 aliphatic rings. The van der Waals surface area contributed by atoms with Crippen molar-refractivity contribution in [2.24, 2.45) is 0 Å². The molecule has 1 aromatic heterocycles.